The Balaban J connectivity index is 1.78. The van der Waals surface area contributed by atoms with Gasteiger partial charge in [-0.15, -0.1) is 11.3 Å². The highest BCUT2D eigenvalue weighted by molar-refractivity contribution is 7.11. The Kier molecular flexibility index (Phi) is 6.58. The minimum absolute atomic E-state index is 0.599. The lowest BCUT2D eigenvalue weighted by Gasteiger charge is -2.13. The van der Waals surface area contributed by atoms with Crippen LogP contribution in [0.2, 0.25) is 0 Å². The Bertz CT molecular complexity index is 628. The first-order valence-electron chi connectivity index (χ1n) is 7.94. The number of imidazole rings is 1. The third kappa shape index (κ3) is 5.67. The number of thiazole rings is 1. The number of aryl methyl sites for hydroxylation is 1. The summed E-state index contributed by atoms with van der Waals surface area (Å²) in [5, 5.41) is 7.78. The third-order valence-electron chi connectivity index (χ3n) is 3.30. The molecular formula is C16H26N6S. The second-order valence-corrected chi connectivity index (χ2v) is 7.18. The molecule has 0 fully saturated rings. The fraction of sp³-hybridized carbons (Fsp3) is 0.562. The van der Waals surface area contributed by atoms with E-state index in [4.69, 9.17) is 0 Å². The van der Waals surface area contributed by atoms with E-state index in [9.17, 15) is 0 Å². The van der Waals surface area contributed by atoms with Gasteiger partial charge in [-0.1, -0.05) is 13.8 Å². The van der Waals surface area contributed by atoms with Crippen molar-refractivity contribution in [1.82, 2.24) is 25.2 Å². The largest absolute Gasteiger partial charge is 0.356 e. The van der Waals surface area contributed by atoms with Crippen molar-refractivity contribution in [3.63, 3.8) is 0 Å². The minimum Gasteiger partial charge on any atom is -0.356 e. The van der Waals surface area contributed by atoms with E-state index >= 15 is 0 Å². The van der Waals surface area contributed by atoms with E-state index in [1.807, 2.05) is 18.6 Å². The normalized spacial score (nSPS) is 12.0. The summed E-state index contributed by atoms with van der Waals surface area (Å²) in [4.78, 5) is 14.3. The summed E-state index contributed by atoms with van der Waals surface area (Å²) < 4.78 is 2.18. The second-order valence-electron chi connectivity index (χ2n) is 5.86. The van der Waals surface area contributed by atoms with Gasteiger partial charge in [0.2, 0.25) is 0 Å². The average Bonchev–Trinajstić information content (AvgIpc) is 3.11. The lowest BCUT2D eigenvalue weighted by atomic mass is 10.2. The molecule has 0 aliphatic heterocycles. The Morgan fingerprint density at radius 1 is 1.35 bits per heavy atom. The Labute approximate surface area is 142 Å². The predicted molar refractivity (Wildman–Crippen MR) is 95.8 cm³/mol. The lowest BCUT2D eigenvalue weighted by molar-refractivity contribution is 0.503. The maximum atomic E-state index is 4.42. The number of aliphatic imine (C=N–C) groups is 1. The third-order valence-corrected chi connectivity index (χ3v) is 4.27. The van der Waals surface area contributed by atoms with Gasteiger partial charge in [-0.3, -0.25) is 4.99 Å². The zero-order chi connectivity index (χ0) is 16.7. The average molecular weight is 334 g/mol. The molecule has 0 saturated carbocycles. The van der Waals surface area contributed by atoms with Crippen LogP contribution in [0.15, 0.2) is 23.6 Å². The van der Waals surface area contributed by atoms with Gasteiger partial charge >= 0.3 is 0 Å². The molecule has 2 rings (SSSR count). The van der Waals surface area contributed by atoms with E-state index in [0.717, 1.165) is 36.3 Å². The first-order valence-corrected chi connectivity index (χ1v) is 8.76. The molecule has 0 unspecified atom stereocenters. The minimum atomic E-state index is 0.599. The lowest BCUT2D eigenvalue weighted by Crippen LogP contribution is -2.38. The summed E-state index contributed by atoms with van der Waals surface area (Å²) in [6, 6.07) is 0. The van der Waals surface area contributed by atoms with Gasteiger partial charge in [-0.25, -0.2) is 9.97 Å². The van der Waals surface area contributed by atoms with Crippen molar-refractivity contribution in [2.24, 2.45) is 10.9 Å². The van der Waals surface area contributed by atoms with Crippen molar-refractivity contribution >= 4 is 17.3 Å². The second kappa shape index (κ2) is 8.67. The molecule has 0 aliphatic rings. The maximum Gasteiger partial charge on any atom is 0.191 e. The van der Waals surface area contributed by atoms with Gasteiger partial charge < -0.3 is 15.2 Å². The summed E-state index contributed by atoms with van der Waals surface area (Å²) >= 11 is 1.74. The van der Waals surface area contributed by atoms with Crippen molar-refractivity contribution in [3.8, 4) is 0 Å². The van der Waals surface area contributed by atoms with Crippen LogP contribution in [-0.4, -0.2) is 34.1 Å². The molecule has 0 aliphatic carbocycles. The van der Waals surface area contributed by atoms with Crippen LogP contribution in [0, 0.1) is 12.8 Å². The topological polar surface area (TPSA) is 67.1 Å². The summed E-state index contributed by atoms with van der Waals surface area (Å²) in [5.74, 6) is 2.41. The monoisotopic (exact) mass is 334 g/mol. The van der Waals surface area contributed by atoms with Crippen LogP contribution in [-0.2, 0) is 19.5 Å². The van der Waals surface area contributed by atoms with Crippen LogP contribution < -0.4 is 10.6 Å². The molecule has 7 heteroatoms. The fourth-order valence-corrected chi connectivity index (χ4v) is 3.04. The molecule has 0 bridgehead atoms. The highest BCUT2D eigenvalue weighted by atomic mass is 32.1. The number of nitrogens with one attached hydrogen (secondary N) is 2. The molecule has 0 aromatic carbocycles. The first kappa shape index (κ1) is 17.5. The van der Waals surface area contributed by atoms with Crippen LogP contribution in [0.4, 0.5) is 0 Å². The van der Waals surface area contributed by atoms with Gasteiger partial charge in [0.25, 0.3) is 0 Å². The van der Waals surface area contributed by atoms with Gasteiger partial charge in [-0.05, 0) is 12.8 Å². The Morgan fingerprint density at radius 3 is 2.83 bits per heavy atom. The number of aromatic nitrogens is 3. The van der Waals surface area contributed by atoms with Gasteiger partial charge in [0.05, 0.1) is 11.6 Å². The van der Waals surface area contributed by atoms with Crippen LogP contribution in [0.5, 0.6) is 0 Å². The standard InChI is InChI=1S/C16H26N6S/c1-12(2)11-22-8-7-18-14(22)10-21-16(17-4)19-6-5-15-20-9-13(3)23-15/h7-9,12H,5-6,10-11H2,1-4H3,(H2,17,19,21). The number of guanidine groups is 1. The first-order chi connectivity index (χ1) is 11.1. The summed E-state index contributed by atoms with van der Waals surface area (Å²) in [7, 11) is 1.78. The van der Waals surface area contributed by atoms with Crippen LogP contribution in [0.1, 0.15) is 29.6 Å². The van der Waals surface area contributed by atoms with Crippen LogP contribution >= 0.6 is 11.3 Å². The Morgan fingerprint density at radius 2 is 2.17 bits per heavy atom. The van der Waals surface area contributed by atoms with Crippen molar-refractivity contribution < 1.29 is 0 Å². The van der Waals surface area contributed by atoms with Gasteiger partial charge in [-0.2, -0.15) is 0 Å². The van der Waals surface area contributed by atoms with Gasteiger partial charge in [0.1, 0.15) is 5.82 Å². The number of hydrogen-bond acceptors (Lipinski definition) is 4. The SMILES string of the molecule is CN=C(NCCc1ncc(C)s1)NCc1nccn1CC(C)C. The van der Waals surface area contributed by atoms with Crippen molar-refractivity contribution in [2.75, 3.05) is 13.6 Å². The summed E-state index contributed by atoms with van der Waals surface area (Å²) in [6.07, 6.45) is 6.70. The molecule has 0 atom stereocenters. The van der Waals surface area contributed by atoms with E-state index in [1.165, 1.54) is 4.88 Å². The van der Waals surface area contributed by atoms with E-state index in [-0.39, 0.29) is 0 Å². The molecule has 0 radical (unpaired) electrons. The Hall–Kier alpha value is -1.89. The summed E-state index contributed by atoms with van der Waals surface area (Å²) in [5.41, 5.74) is 0. The number of nitrogens with zero attached hydrogens (tertiary/aromatic N) is 4. The highest BCUT2D eigenvalue weighted by Gasteiger charge is 2.06. The van der Waals surface area contributed by atoms with E-state index in [0.29, 0.717) is 12.5 Å². The van der Waals surface area contributed by atoms with E-state index < -0.39 is 0 Å². The predicted octanol–water partition coefficient (Wildman–Crippen LogP) is 2.21. The molecule has 0 amide bonds. The molecule has 2 N–H and O–H groups in total. The van der Waals surface area contributed by atoms with Gasteiger partial charge in [0, 0.05) is 50.0 Å². The number of rotatable bonds is 7. The number of hydrogen-bond donors (Lipinski definition) is 2. The quantitative estimate of drug-likeness (QED) is 0.602. The van der Waals surface area contributed by atoms with Gasteiger partial charge in [0.15, 0.2) is 5.96 Å². The molecular weight excluding hydrogens is 308 g/mol. The molecule has 2 aromatic heterocycles. The van der Waals surface area contributed by atoms with Crippen molar-refractivity contribution in [1.29, 1.82) is 0 Å². The molecule has 23 heavy (non-hydrogen) atoms. The zero-order valence-electron chi connectivity index (χ0n) is 14.3. The van der Waals surface area contributed by atoms with E-state index in [1.54, 1.807) is 18.4 Å². The van der Waals surface area contributed by atoms with Crippen molar-refractivity contribution in [3.05, 3.63) is 34.3 Å². The zero-order valence-corrected chi connectivity index (χ0v) is 15.2. The maximum absolute atomic E-state index is 4.42. The highest BCUT2D eigenvalue weighted by Crippen LogP contribution is 2.10. The smallest absolute Gasteiger partial charge is 0.191 e. The molecule has 2 heterocycles. The van der Waals surface area contributed by atoms with Crippen LogP contribution in [0.25, 0.3) is 0 Å². The molecule has 0 spiro atoms. The molecule has 126 valence electrons. The van der Waals surface area contributed by atoms with Crippen LogP contribution in [0.3, 0.4) is 0 Å². The molecule has 0 saturated heterocycles. The summed E-state index contributed by atoms with van der Waals surface area (Å²) in [6.45, 7) is 8.94. The van der Waals surface area contributed by atoms with Crippen molar-refractivity contribution in [2.45, 2.75) is 40.3 Å². The fourth-order valence-electron chi connectivity index (χ4n) is 2.26. The van der Waals surface area contributed by atoms with E-state index in [2.05, 4.69) is 50.9 Å². The molecule has 6 nitrogen and oxygen atoms in total. The molecule has 2 aromatic rings.